The van der Waals surface area contributed by atoms with Crippen LogP contribution in [0.15, 0.2) is 11.6 Å². The van der Waals surface area contributed by atoms with Crippen molar-refractivity contribution in [2.45, 2.75) is 26.2 Å². The summed E-state index contributed by atoms with van der Waals surface area (Å²) in [4.78, 5) is 16.2. The summed E-state index contributed by atoms with van der Waals surface area (Å²) in [5, 5.41) is 11.4. The molecule has 1 amide bonds. The largest absolute Gasteiger partial charge is 0.383 e. The number of H-pyrrole nitrogens is 1. The summed E-state index contributed by atoms with van der Waals surface area (Å²) < 4.78 is 0. The fraction of sp³-hybridized carbons (Fsp3) is 0.364. The van der Waals surface area contributed by atoms with Crippen LogP contribution in [0.5, 0.6) is 0 Å². The number of thiazole rings is 1. The van der Waals surface area contributed by atoms with Gasteiger partial charge in [0.15, 0.2) is 5.13 Å². The number of nitrogens with zero attached hydrogens (tertiary/aromatic N) is 2. The Morgan fingerprint density at radius 3 is 2.72 bits per heavy atom. The van der Waals surface area contributed by atoms with Crippen LogP contribution in [0.1, 0.15) is 36.8 Å². The van der Waals surface area contributed by atoms with Crippen molar-refractivity contribution in [1.29, 1.82) is 0 Å². The number of amides is 1. The third kappa shape index (κ3) is 2.51. The highest BCUT2D eigenvalue weighted by molar-refractivity contribution is 7.14. The number of hydrogen-bond donors (Lipinski definition) is 3. The summed E-state index contributed by atoms with van der Waals surface area (Å²) >= 11 is 1.39. The molecule has 18 heavy (non-hydrogen) atoms. The second-order valence-corrected chi connectivity index (χ2v) is 5.80. The second kappa shape index (κ2) is 4.41. The van der Waals surface area contributed by atoms with Crippen molar-refractivity contribution in [3.63, 3.8) is 0 Å². The standard InChI is InChI=1S/C11H15N5OS/c1-11(2,3)7-5-18-10(14-7)15-9(17)6-4-13-16-8(6)12/h4-5H,1-3H3,(H3,12,13,16)(H,14,15,17). The van der Waals surface area contributed by atoms with E-state index in [4.69, 9.17) is 5.73 Å². The quantitative estimate of drug-likeness (QED) is 0.773. The van der Waals surface area contributed by atoms with Crippen molar-refractivity contribution in [2.75, 3.05) is 11.1 Å². The molecule has 2 aromatic rings. The highest BCUT2D eigenvalue weighted by atomic mass is 32.1. The summed E-state index contributed by atoms with van der Waals surface area (Å²) in [5.41, 5.74) is 6.81. The van der Waals surface area contributed by atoms with E-state index in [0.29, 0.717) is 10.7 Å². The Morgan fingerprint density at radius 2 is 2.22 bits per heavy atom. The van der Waals surface area contributed by atoms with E-state index in [-0.39, 0.29) is 17.1 Å². The van der Waals surface area contributed by atoms with Crippen molar-refractivity contribution >= 4 is 28.2 Å². The number of carbonyl (C=O) groups excluding carboxylic acids is 1. The highest BCUT2D eigenvalue weighted by Crippen LogP contribution is 2.26. The third-order valence-electron chi connectivity index (χ3n) is 2.41. The first-order chi connectivity index (χ1) is 8.38. The van der Waals surface area contributed by atoms with Gasteiger partial charge in [-0.05, 0) is 0 Å². The Labute approximate surface area is 109 Å². The maximum Gasteiger partial charge on any atom is 0.262 e. The zero-order valence-corrected chi connectivity index (χ0v) is 11.3. The Kier molecular flexibility index (Phi) is 3.08. The molecule has 0 bridgehead atoms. The molecule has 0 aliphatic heterocycles. The van der Waals surface area contributed by atoms with Gasteiger partial charge in [-0.3, -0.25) is 15.2 Å². The molecular weight excluding hydrogens is 250 g/mol. The summed E-state index contributed by atoms with van der Waals surface area (Å²) in [6.45, 7) is 6.21. The molecule has 0 aliphatic rings. The van der Waals surface area contributed by atoms with Gasteiger partial charge < -0.3 is 5.73 Å². The summed E-state index contributed by atoms with van der Waals surface area (Å²) in [6.07, 6.45) is 1.39. The van der Waals surface area contributed by atoms with Gasteiger partial charge in [-0.15, -0.1) is 11.3 Å². The van der Waals surface area contributed by atoms with Crippen LogP contribution in [0.2, 0.25) is 0 Å². The van der Waals surface area contributed by atoms with Crippen LogP contribution in [-0.2, 0) is 5.41 Å². The number of aromatic amines is 1. The first kappa shape index (κ1) is 12.6. The number of aromatic nitrogens is 3. The van der Waals surface area contributed by atoms with Crippen molar-refractivity contribution < 1.29 is 4.79 Å². The van der Waals surface area contributed by atoms with E-state index in [0.717, 1.165) is 5.69 Å². The first-order valence-electron chi connectivity index (χ1n) is 5.44. The molecule has 96 valence electrons. The average Bonchev–Trinajstić information content (AvgIpc) is 2.85. The number of hydrogen-bond acceptors (Lipinski definition) is 5. The van der Waals surface area contributed by atoms with Gasteiger partial charge in [0.2, 0.25) is 0 Å². The van der Waals surface area contributed by atoms with Crippen LogP contribution in [0.4, 0.5) is 10.9 Å². The zero-order valence-electron chi connectivity index (χ0n) is 10.4. The van der Waals surface area contributed by atoms with Gasteiger partial charge in [-0.1, -0.05) is 20.8 Å². The molecule has 2 rings (SSSR count). The molecule has 0 spiro atoms. The smallest absolute Gasteiger partial charge is 0.262 e. The van der Waals surface area contributed by atoms with Crippen LogP contribution >= 0.6 is 11.3 Å². The molecule has 0 saturated carbocycles. The number of nitrogen functional groups attached to an aromatic ring is 1. The van der Waals surface area contributed by atoms with Crippen LogP contribution in [0.25, 0.3) is 0 Å². The first-order valence-corrected chi connectivity index (χ1v) is 6.32. The SMILES string of the molecule is CC(C)(C)c1csc(NC(=O)c2cn[nH]c2N)n1. The van der Waals surface area contributed by atoms with Gasteiger partial charge in [0.05, 0.1) is 11.9 Å². The average molecular weight is 265 g/mol. The van der Waals surface area contributed by atoms with Gasteiger partial charge in [-0.2, -0.15) is 5.10 Å². The molecule has 2 aromatic heterocycles. The van der Waals surface area contributed by atoms with Gasteiger partial charge in [0.25, 0.3) is 5.91 Å². The fourth-order valence-corrected chi connectivity index (χ4v) is 2.25. The molecule has 0 saturated heterocycles. The molecule has 0 fully saturated rings. The zero-order chi connectivity index (χ0) is 13.3. The Morgan fingerprint density at radius 1 is 1.50 bits per heavy atom. The molecule has 0 aromatic carbocycles. The lowest BCUT2D eigenvalue weighted by atomic mass is 9.93. The van der Waals surface area contributed by atoms with E-state index in [1.807, 2.05) is 5.38 Å². The third-order valence-corrected chi connectivity index (χ3v) is 3.16. The van der Waals surface area contributed by atoms with E-state index in [2.05, 4.69) is 41.3 Å². The molecule has 6 nitrogen and oxygen atoms in total. The topological polar surface area (TPSA) is 96.7 Å². The summed E-state index contributed by atoms with van der Waals surface area (Å²) in [6, 6.07) is 0. The number of anilines is 2. The van der Waals surface area contributed by atoms with E-state index >= 15 is 0 Å². The van der Waals surface area contributed by atoms with Gasteiger partial charge in [-0.25, -0.2) is 4.98 Å². The predicted molar refractivity (Wildman–Crippen MR) is 71.8 cm³/mol. The lowest BCUT2D eigenvalue weighted by Gasteiger charge is -2.14. The van der Waals surface area contributed by atoms with Crippen molar-refractivity contribution in [3.8, 4) is 0 Å². The molecule has 0 radical (unpaired) electrons. The lowest BCUT2D eigenvalue weighted by molar-refractivity contribution is 0.102. The number of nitrogens with two attached hydrogens (primary N) is 1. The molecule has 0 atom stereocenters. The molecule has 2 heterocycles. The van der Waals surface area contributed by atoms with Gasteiger partial charge in [0.1, 0.15) is 11.4 Å². The minimum atomic E-state index is -0.309. The molecular formula is C11H15N5OS. The fourth-order valence-electron chi connectivity index (χ4n) is 1.32. The Bertz CT molecular complexity index is 566. The van der Waals surface area contributed by atoms with Gasteiger partial charge in [0, 0.05) is 10.8 Å². The Hall–Kier alpha value is -1.89. The van der Waals surface area contributed by atoms with Crippen LogP contribution in [0, 0.1) is 0 Å². The van der Waals surface area contributed by atoms with Crippen LogP contribution in [-0.4, -0.2) is 21.1 Å². The van der Waals surface area contributed by atoms with E-state index < -0.39 is 0 Å². The minimum Gasteiger partial charge on any atom is -0.383 e. The lowest BCUT2D eigenvalue weighted by Crippen LogP contribution is -2.14. The molecule has 0 aliphatic carbocycles. The normalized spacial score (nSPS) is 11.5. The molecule has 0 unspecified atom stereocenters. The maximum absolute atomic E-state index is 11.9. The predicted octanol–water partition coefficient (Wildman–Crippen LogP) is 2.00. The monoisotopic (exact) mass is 265 g/mol. The summed E-state index contributed by atoms with van der Waals surface area (Å²) in [7, 11) is 0. The van der Waals surface area contributed by atoms with Gasteiger partial charge >= 0.3 is 0 Å². The number of carbonyl (C=O) groups is 1. The molecule has 4 N–H and O–H groups in total. The van der Waals surface area contributed by atoms with E-state index in [1.165, 1.54) is 17.5 Å². The van der Waals surface area contributed by atoms with Crippen molar-refractivity contribution in [3.05, 3.63) is 22.8 Å². The molecule has 7 heteroatoms. The van der Waals surface area contributed by atoms with Crippen LogP contribution < -0.4 is 11.1 Å². The number of rotatable bonds is 2. The van der Waals surface area contributed by atoms with Crippen LogP contribution in [0.3, 0.4) is 0 Å². The van der Waals surface area contributed by atoms with E-state index in [1.54, 1.807) is 0 Å². The maximum atomic E-state index is 11.9. The summed E-state index contributed by atoms with van der Waals surface area (Å²) in [5.74, 6) is -0.0591. The van der Waals surface area contributed by atoms with Crippen molar-refractivity contribution in [1.82, 2.24) is 15.2 Å². The number of nitrogens with one attached hydrogen (secondary N) is 2. The van der Waals surface area contributed by atoms with Crippen molar-refractivity contribution in [2.24, 2.45) is 0 Å². The highest BCUT2D eigenvalue weighted by Gasteiger charge is 2.19. The Balaban J connectivity index is 2.13. The second-order valence-electron chi connectivity index (χ2n) is 4.94. The van der Waals surface area contributed by atoms with E-state index in [9.17, 15) is 4.79 Å². The minimum absolute atomic E-state index is 0.0336.